The van der Waals surface area contributed by atoms with E-state index in [1.165, 1.54) is 0 Å². The zero-order valence-electron chi connectivity index (χ0n) is 17.6. The summed E-state index contributed by atoms with van der Waals surface area (Å²) >= 11 is 1.72. The van der Waals surface area contributed by atoms with Gasteiger partial charge in [-0.25, -0.2) is 4.79 Å². The van der Waals surface area contributed by atoms with Crippen LogP contribution in [0.1, 0.15) is 46.0 Å². The molecular formula is C19H34N2O5S3. The molecule has 0 aromatic carbocycles. The molecule has 1 aliphatic rings. The Kier molecular flexibility index (Phi) is 13.0. The molecular weight excluding hydrogens is 432 g/mol. The summed E-state index contributed by atoms with van der Waals surface area (Å²) in [5.74, 6) is 1.66. The number of rotatable bonds is 14. The van der Waals surface area contributed by atoms with Crippen LogP contribution < -0.4 is 11.1 Å². The van der Waals surface area contributed by atoms with Gasteiger partial charge in [0.1, 0.15) is 13.2 Å². The zero-order valence-corrected chi connectivity index (χ0v) is 20.0. The van der Waals surface area contributed by atoms with Gasteiger partial charge in [0.2, 0.25) is 5.91 Å². The second-order valence-electron chi connectivity index (χ2n) is 7.48. The van der Waals surface area contributed by atoms with Crippen molar-refractivity contribution in [2.45, 2.75) is 52.0 Å². The second-order valence-corrected chi connectivity index (χ2v) is 11.0. The van der Waals surface area contributed by atoms with E-state index in [2.05, 4.69) is 5.32 Å². The lowest BCUT2D eigenvalue weighted by molar-refractivity contribution is -0.148. The smallest absolute Gasteiger partial charge is 0.407 e. The summed E-state index contributed by atoms with van der Waals surface area (Å²) in [5, 5.41) is 2.88. The number of thioether (sulfide) groups is 1. The molecule has 0 bridgehead atoms. The Balaban J connectivity index is 2.32. The molecule has 0 radical (unpaired) electrons. The minimum absolute atomic E-state index is 0.0289. The zero-order chi connectivity index (χ0) is 21.7. The highest BCUT2D eigenvalue weighted by atomic mass is 33.1. The van der Waals surface area contributed by atoms with Crippen LogP contribution in [0.4, 0.5) is 4.79 Å². The van der Waals surface area contributed by atoms with Gasteiger partial charge in [-0.1, -0.05) is 48.3 Å². The van der Waals surface area contributed by atoms with Gasteiger partial charge in [-0.05, 0) is 31.3 Å². The first kappa shape index (κ1) is 26.3. The third-order valence-corrected chi connectivity index (χ3v) is 8.08. The lowest BCUT2D eigenvalue weighted by Gasteiger charge is -2.24. The average molecular weight is 467 g/mol. The predicted octanol–water partition coefficient (Wildman–Crippen LogP) is 3.46. The van der Waals surface area contributed by atoms with Crippen molar-refractivity contribution in [3.05, 3.63) is 0 Å². The van der Waals surface area contributed by atoms with Crippen LogP contribution >= 0.6 is 33.3 Å². The summed E-state index contributed by atoms with van der Waals surface area (Å²) in [6.07, 6.45) is 6.21. The van der Waals surface area contributed by atoms with Crippen LogP contribution in [-0.4, -0.2) is 60.7 Å². The lowest BCUT2D eigenvalue weighted by atomic mass is 9.88. The van der Waals surface area contributed by atoms with Gasteiger partial charge in [-0.15, -0.1) is 0 Å². The number of hydrogen-bond donors (Lipinski definition) is 2. The van der Waals surface area contributed by atoms with Crippen LogP contribution in [-0.2, 0) is 19.1 Å². The molecule has 1 saturated carbocycles. The van der Waals surface area contributed by atoms with Crippen molar-refractivity contribution in [1.29, 1.82) is 0 Å². The number of nitrogens with two attached hydrogens (primary N) is 1. The molecule has 1 fully saturated rings. The Hall–Kier alpha value is -0.740. The maximum Gasteiger partial charge on any atom is 0.407 e. The van der Waals surface area contributed by atoms with Crippen LogP contribution in [0.3, 0.4) is 0 Å². The second kappa shape index (κ2) is 14.3. The molecule has 0 spiro atoms. The summed E-state index contributed by atoms with van der Waals surface area (Å²) in [6, 6.07) is -0.0289. The fraction of sp³-hybridized carbons (Fsp3) is 0.842. The minimum atomic E-state index is -0.508. The molecule has 1 rings (SSSR count). The number of alkyl carbamates (subject to hydrolysis) is 1. The number of carbonyl (C=O) groups excluding carboxylic acids is 3. The van der Waals surface area contributed by atoms with Gasteiger partial charge < -0.3 is 20.5 Å². The summed E-state index contributed by atoms with van der Waals surface area (Å²) in [6.45, 7) is 3.59. The summed E-state index contributed by atoms with van der Waals surface area (Å²) in [5.41, 5.74) is 5.26. The molecule has 0 aliphatic heterocycles. The van der Waals surface area contributed by atoms with Gasteiger partial charge in [0.05, 0.1) is 11.3 Å². The first-order valence-corrected chi connectivity index (χ1v) is 13.8. The molecule has 0 aromatic rings. The van der Waals surface area contributed by atoms with E-state index in [0.29, 0.717) is 5.75 Å². The fourth-order valence-corrected chi connectivity index (χ4v) is 6.39. The number of ether oxygens (including phenoxy) is 2. The molecule has 10 heteroatoms. The van der Waals surface area contributed by atoms with Crippen molar-refractivity contribution in [3.63, 3.8) is 0 Å². The van der Waals surface area contributed by atoms with Gasteiger partial charge in [0.15, 0.2) is 0 Å². The van der Waals surface area contributed by atoms with Crippen LogP contribution in [0.5, 0.6) is 0 Å². The average Bonchev–Trinajstić information content (AvgIpc) is 3.16. The van der Waals surface area contributed by atoms with Gasteiger partial charge in [0.25, 0.3) is 0 Å². The number of carbonyl (C=O) groups is 3. The SMILES string of the molecule is CSCCC(CSSCC1(C(N)=O)CCCC1)NC(=O)OCCOC(=O)C(C)C. The molecule has 7 nitrogen and oxygen atoms in total. The van der Waals surface area contributed by atoms with E-state index >= 15 is 0 Å². The molecule has 1 aliphatic carbocycles. The highest BCUT2D eigenvalue weighted by Gasteiger charge is 2.39. The van der Waals surface area contributed by atoms with Gasteiger partial charge in [0, 0.05) is 17.5 Å². The Labute approximate surface area is 186 Å². The maximum absolute atomic E-state index is 12.0. The van der Waals surface area contributed by atoms with E-state index in [4.69, 9.17) is 15.2 Å². The summed E-state index contributed by atoms with van der Waals surface area (Å²) in [4.78, 5) is 35.2. The van der Waals surface area contributed by atoms with E-state index in [9.17, 15) is 14.4 Å². The fourth-order valence-electron chi connectivity index (χ4n) is 2.91. The molecule has 3 N–H and O–H groups in total. The standard InChI is InChI=1S/C19H34N2O5S3/c1-14(2)16(22)25-9-10-26-18(24)21-15(6-11-27-3)12-28-29-13-19(17(20)23)7-4-5-8-19/h14-15H,4-13H2,1-3H3,(H2,20,23)(H,21,24). The highest BCUT2D eigenvalue weighted by Crippen LogP contribution is 2.43. The molecule has 0 aromatic heterocycles. The molecule has 168 valence electrons. The van der Waals surface area contributed by atoms with Gasteiger partial charge in [-0.3, -0.25) is 9.59 Å². The lowest BCUT2D eigenvalue weighted by Crippen LogP contribution is -2.38. The van der Waals surface area contributed by atoms with Crippen molar-refractivity contribution in [2.24, 2.45) is 17.1 Å². The van der Waals surface area contributed by atoms with E-state index in [-0.39, 0.29) is 42.5 Å². The minimum Gasteiger partial charge on any atom is -0.462 e. The third kappa shape index (κ3) is 10.2. The number of nitrogens with one attached hydrogen (secondary N) is 1. The third-order valence-electron chi connectivity index (χ3n) is 4.80. The predicted molar refractivity (Wildman–Crippen MR) is 122 cm³/mol. The molecule has 0 saturated heterocycles. The topological polar surface area (TPSA) is 108 Å². The maximum atomic E-state index is 12.0. The monoisotopic (exact) mass is 466 g/mol. The van der Waals surface area contributed by atoms with Crippen LogP contribution in [0, 0.1) is 11.3 Å². The van der Waals surface area contributed by atoms with E-state index in [0.717, 1.165) is 43.6 Å². The molecule has 0 heterocycles. The molecule has 2 amide bonds. The Morgan fingerprint density at radius 2 is 1.76 bits per heavy atom. The van der Waals surface area contributed by atoms with E-state index in [1.807, 2.05) is 6.26 Å². The normalized spacial score (nSPS) is 16.4. The summed E-state index contributed by atoms with van der Waals surface area (Å²) in [7, 11) is 3.31. The van der Waals surface area contributed by atoms with Crippen LogP contribution in [0.25, 0.3) is 0 Å². The number of primary amides is 1. The van der Waals surface area contributed by atoms with E-state index < -0.39 is 6.09 Å². The summed E-state index contributed by atoms with van der Waals surface area (Å²) < 4.78 is 10.1. The first-order valence-electron chi connectivity index (χ1n) is 9.94. The number of amides is 2. The van der Waals surface area contributed by atoms with Crippen LogP contribution in [0.15, 0.2) is 0 Å². The van der Waals surface area contributed by atoms with Crippen molar-refractivity contribution < 1.29 is 23.9 Å². The van der Waals surface area contributed by atoms with Gasteiger partial charge >= 0.3 is 12.1 Å². The van der Waals surface area contributed by atoms with Gasteiger partial charge in [-0.2, -0.15) is 11.8 Å². The Morgan fingerprint density at radius 1 is 1.10 bits per heavy atom. The van der Waals surface area contributed by atoms with Crippen molar-refractivity contribution in [3.8, 4) is 0 Å². The van der Waals surface area contributed by atoms with Crippen molar-refractivity contribution in [2.75, 3.05) is 36.7 Å². The molecule has 1 atom stereocenters. The Morgan fingerprint density at radius 3 is 2.34 bits per heavy atom. The number of esters is 1. The molecule has 1 unspecified atom stereocenters. The van der Waals surface area contributed by atoms with Crippen molar-refractivity contribution in [1.82, 2.24) is 5.32 Å². The largest absolute Gasteiger partial charge is 0.462 e. The number of hydrogen-bond acceptors (Lipinski definition) is 8. The van der Waals surface area contributed by atoms with Crippen molar-refractivity contribution >= 4 is 51.3 Å². The highest BCUT2D eigenvalue weighted by molar-refractivity contribution is 8.76. The first-order chi connectivity index (χ1) is 13.8. The molecule has 29 heavy (non-hydrogen) atoms. The quantitative estimate of drug-likeness (QED) is 0.228. The Bertz CT molecular complexity index is 528. The van der Waals surface area contributed by atoms with Crippen LogP contribution in [0.2, 0.25) is 0 Å². The van der Waals surface area contributed by atoms with E-state index in [1.54, 1.807) is 47.2 Å².